The zero-order valence-corrected chi connectivity index (χ0v) is 13.6. The predicted molar refractivity (Wildman–Crippen MR) is 83.5 cm³/mol. The summed E-state index contributed by atoms with van der Waals surface area (Å²) in [6.07, 6.45) is 1.16. The Kier molecular flexibility index (Phi) is 5.22. The van der Waals surface area contributed by atoms with E-state index in [0.29, 0.717) is 37.5 Å². The van der Waals surface area contributed by atoms with Crippen LogP contribution in [-0.4, -0.2) is 68.5 Å². The molecule has 2 amide bonds. The molecule has 2 N–H and O–H groups in total. The van der Waals surface area contributed by atoms with Gasteiger partial charge in [0.2, 0.25) is 10.0 Å². The van der Waals surface area contributed by atoms with E-state index in [0.717, 1.165) is 6.26 Å². The highest BCUT2D eigenvalue weighted by Crippen LogP contribution is 2.15. The van der Waals surface area contributed by atoms with Crippen molar-refractivity contribution in [2.45, 2.75) is 0 Å². The summed E-state index contributed by atoms with van der Waals surface area (Å²) < 4.78 is 29.4. The van der Waals surface area contributed by atoms with Gasteiger partial charge >= 0.3 is 0 Å². The minimum Gasteiger partial charge on any atom is -0.484 e. The molecule has 0 saturated carbocycles. The van der Waals surface area contributed by atoms with Crippen LogP contribution in [0, 0.1) is 0 Å². The molecule has 1 aliphatic heterocycles. The number of sulfonamides is 1. The average molecular weight is 341 g/mol. The minimum absolute atomic E-state index is 0.167. The van der Waals surface area contributed by atoms with Crippen LogP contribution in [-0.2, 0) is 14.8 Å². The summed E-state index contributed by atoms with van der Waals surface area (Å²) in [6.45, 7) is 1.08. The Morgan fingerprint density at radius 3 is 2.17 bits per heavy atom. The third-order valence-electron chi connectivity index (χ3n) is 3.48. The largest absolute Gasteiger partial charge is 0.484 e. The number of carbonyl (C=O) groups is 2. The number of hydrogen-bond acceptors (Lipinski definition) is 5. The van der Waals surface area contributed by atoms with Crippen LogP contribution >= 0.6 is 0 Å². The first-order valence-corrected chi connectivity index (χ1v) is 8.88. The number of ether oxygens (including phenoxy) is 1. The van der Waals surface area contributed by atoms with Crippen LogP contribution in [0.1, 0.15) is 10.4 Å². The first-order chi connectivity index (χ1) is 10.8. The minimum atomic E-state index is -3.22. The van der Waals surface area contributed by atoms with Gasteiger partial charge in [-0.2, -0.15) is 4.31 Å². The van der Waals surface area contributed by atoms with Crippen LogP contribution in [0.4, 0.5) is 0 Å². The van der Waals surface area contributed by atoms with Crippen LogP contribution in [0.5, 0.6) is 5.75 Å². The van der Waals surface area contributed by atoms with Gasteiger partial charge in [-0.1, -0.05) is 0 Å². The zero-order chi connectivity index (χ0) is 17.0. The zero-order valence-electron chi connectivity index (χ0n) is 12.8. The van der Waals surface area contributed by atoms with E-state index in [-0.39, 0.29) is 12.5 Å². The number of rotatable bonds is 5. The highest BCUT2D eigenvalue weighted by atomic mass is 32.2. The fourth-order valence-corrected chi connectivity index (χ4v) is 3.08. The van der Waals surface area contributed by atoms with E-state index in [1.165, 1.54) is 4.31 Å². The van der Waals surface area contributed by atoms with Gasteiger partial charge in [-0.25, -0.2) is 8.42 Å². The normalized spacial score (nSPS) is 16.1. The Balaban J connectivity index is 1.95. The van der Waals surface area contributed by atoms with E-state index >= 15 is 0 Å². The Hall–Kier alpha value is -2.13. The van der Waals surface area contributed by atoms with Gasteiger partial charge in [-0.15, -0.1) is 0 Å². The van der Waals surface area contributed by atoms with Gasteiger partial charge in [0.25, 0.3) is 11.8 Å². The lowest BCUT2D eigenvalue weighted by atomic mass is 10.2. The number of hydrogen-bond donors (Lipinski definition) is 1. The summed E-state index contributed by atoms with van der Waals surface area (Å²) in [5, 5.41) is 0. The Morgan fingerprint density at radius 1 is 1.13 bits per heavy atom. The highest BCUT2D eigenvalue weighted by molar-refractivity contribution is 7.88. The number of piperazine rings is 1. The van der Waals surface area contributed by atoms with E-state index in [1.807, 2.05) is 0 Å². The number of nitrogens with zero attached hydrogens (tertiary/aromatic N) is 2. The SMILES string of the molecule is CS(=O)(=O)N1CCN(C(=O)c2ccc(OCC(N)=O)cc2)CC1. The molecule has 8 nitrogen and oxygen atoms in total. The molecule has 126 valence electrons. The average Bonchev–Trinajstić information content (AvgIpc) is 2.52. The van der Waals surface area contributed by atoms with E-state index in [2.05, 4.69) is 0 Å². The van der Waals surface area contributed by atoms with Gasteiger partial charge in [0.05, 0.1) is 6.26 Å². The lowest BCUT2D eigenvalue weighted by Gasteiger charge is -2.33. The molecular formula is C14H19N3O5S. The molecule has 0 atom stereocenters. The van der Waals surface area contributed by atoms with Crippen LogP contribution in [0.25, 0.3) is 0 Å². The van der Waals surface area contributed by atoms with Crippen molar-refractivity contribution in [2.75, 3.05) is 39.0 Å². The molecular weight excluding hydrogens is 322 g/mol. The lowest BCUT2D eigenvalue weighted by molar-refractivity contribution is -0.119. The van der Waals surface area contributed by atoms with Crippen molar-refractivity contribution in [3.63, 3.8) is 0 Å². The number of amides is 2. The fourth-order valence-electron chi connectivity index (χ4n) is 2.25. The van der Waals surface area contributed by atoms with Crippen molar-refractivity contribution >= 4 is 21.8 Å². The second kappa shape index (κ2) is 6.97. The number of primary amides is 1. The molecule has 1 fully saturated rings. The van der Waals surface area contributed by atoms with E-state index < -0.39 is 15.9 Å². The van der Waals surface area contributed by atoms with Crippen LogP contribution in [0.15, 0.2) is 24.3 Å². The first-order valence-electron chi connectivity index (χ1n) is 7.03. The van der Waals surface area contributed by atoms with Crippen LogP contribution in [0.2, 0.25) is 0 Å². The molecule has 1 saturated heterocycles. The second-order valence-corrected chi connectivity index (χ2v) is 7.22. The summed E-state index contributed by atoms with van der Waals surface area (Å²) in [5.41, 5.74) is 5.46. The van der Waals surface area contributed by atoms with Crippen molar-refractivity contribution < 1.29 is 22.7 Å². The maximum atomic E-state index is 12.4. The van der Waals surface area contributed by atoms with Crippen molar-refractivity contribution in [1.29, 1.82) is 0 Å². The maximum absolute atomic E-state index is 12.4. The molecule has 0 spiro atoms. The summed E-state index contributed by atoms with van der Waals surface area (Å²) >= 11 is 0. The molecule has 2 rings (SSSR count). The van der Waals surface area contributed by atoms with Gasteiger partial charge in [0.1, 0.15) is 5.75 Å². The van der Waals surface area contributed by atoms with Gasteiger partial charge in [0, 0.05) is 31.7 Å². The lowest BCUT2D eigenvalue weighted by Crippen LogP contribution is -2.50. The summed E-state index contributed by atoms with van der Waals surface area (Å²) in [6, 6.07) is 6.37. The number of benzene rings is 1. The monoisotopic (exact) mass is 341 g/mol. The first kappa shape index (κ1) is 17.2. The topological polar surface area (TPSA) is 110 Å². The predicted octanol–water partition coefficient (Wildman–Crippen LogP) is -0.732. The van der Waals surface area contributed by atoms with Gasteiger partial charge in [-0.3, -0.25) is 9.59 Å². The van der Waals surface area contributed by atoms with Gasteiger partial charge in [-0.05, 0) is 24.3 Å². The van der Waals surface area contributed by atoms with Crippen molar-refractivity contribution in [3.8, 4) is 5.75 Å². The quantitative estimate of drug-likeness (QED) is 0.759. The molecule has 0 aliphatic carbocycles. The fraction of sp³-hybridized carbons (Fsp3) is 0.429. The van der Waals surface area contributed by atoms with Gasteiger partial charge in [0.15, 0.2) is 6.61 Å². The molecule has 0 bridgehead atoms. The molecule has 1 aliphatic rings. The smallest absolute Gasteiger partial charge is 0.255 e. The second-order valence-electron chi connectivity index (χ2n) is 5.23. The molecule has 1 aromatic carbocycles. The highest BCUT2D eigenvalue weighted by Gasteiger charge is 2.26. The van der Waals surface area contributed by atoms with Crippen molar-refractivity contribution in [2.24, 2.45) is 5.73 Å². The molecule has 0 unspecified atom stereocenters. The molecule has 23 heavy (non-hydrogen) atoms. The van der Waals surface area contributed by atoms with E-state index in [1.54, 1.807) is 29.2 Å². The summed E-state index contributed by atoms with van der Waals surface area (Å²) in [7, 11) is -3.22. The van der Waals surface area contributed by atoms with E-state index in [4.69, 9.17) is 10.5 Å². The van der Waals surface area contributed by atoms with Crippen LogP contribution in [0.3, 0.4) is 0 Å². The Morgan fingerprint density at radius 2 is 1.70 bits per heavy atom. The molecule has 0 radical (unpaired) electrons. The summed E-state index contributed by atoms with van der Waals surface area (Å²) in [5.74, 6) is -0.296. The molecule has 1 heterocycles. The number of nitrogens with two attached hydrogens (primary N) is 1. The standard InChI is InChI=1S/C14H19N3O5S/c1-23(20,21)17-8-6-16(7-9-17)14(19)11-2-4-12(5-3-11)22-10-13(15)18/h2-5H,6-10H2,1H3,(H2,15,18). The molecule has 9 heteroatoms. The molecule has 0 aromatic heterocycles. The number of carbonyl (C=O) groups excluding carboxylic acids is 2. The van der Waals surface area contributed by atoms with E-state index in [9.17, 15) is 18.0 Å². The summed E-state index contributed by atoms with van der Waals surface area (Å²) in [4.78, 5) is 24.6. The third kappa shape index (κ3) is 4.67. The molecule has 1 aromatic rings. The Bertz CT molecular complexity index is 679. The third-order valence-corrected chi connectivity index (χ3v) is 4.78. The van der Waals surface area contributed by atoms with Crippen molar-refractivity contribution in [1.82, 2.24) is 9.21 Å². The maximum Gasteiger partial charge on any atom is 0.255 e. The van der Waals surface area contributed by atoms with Crippen molar-refractivity contribution in [3.05, 3.63) is 29.8 Å². The van der Waals surface area contributed by atoms with Crippen LogP contribution < -0.4 is 10.5 Å². The Labute approximate surface area is 134 Å². The van der Waals surface area contributed by atoms with Gasteiger partial charge < -0.3 is 15.4 Å².